The summed E-state index contributed by atoms with van der Waals surface area (Å²) in [5.74, 6) is 1.70. The quantitative estimate of drug-likeness (QED) is 0.268. The van der Waals surface area contributed by atoms with Gasteiger partial charge in [0.2, 0.25) is 0 Å². The predicted octanol–water partition coefficient (Wildman–Crippen LogP) is 7.16. The first kappa shape index (κ1) is 20.9. The van der Waals surface area contributed by atoms with Crippen molar-refractivity contribution in [2.24, 2.45) is 0 Å². The van der Waals surface area contributed by atoms with Crippen LogP contribution in [0.3, 0.4) is 0 Å². The van der Waals surface area contributed by atoms with Gasteiger partial charge in [0.1, 0.15) is 24.7 Å². The number of rotatable bonds is 10. The lowest BCUT2D eigenvalue weighted by Crippen LogP contribution is -1.91. The molecule has 0 spiro atoms. The summed E-state index contributed by atoms with van der Waals surface area (Å²) in [5, 5.41) is 0. The van der Waals surface area contributed by atoms with Crippen molar-refractivity contribution in [3.63, 3.8) is 0 Å². The standard InChI is InChI=1S/C28H26O2/c1-3-21-29-27-17-13-25(14-18-27)11-9-23-5-7-24(8-6-23)10-12-26-15-19-28(20-16-26)30-22-4-2/h3-20H,1-2,21-22H2. The Morgan fingerprint density at radius 3 is 1.00 bits per heavy atom. The first-order valence-corrected chi connectivity index (χ1v) is 9.90. The average Bonchev–Trinajstić information content (AvgIpc) is 2.80. The van der Waals surface area contributed by atoms with E-state index in [1.165, 1.54) is 0 Å². The fourth-order valence-corrected chi connectivity index (χ4v) is 2.76. The number of benzene rings is 3. The van der Waals surface area contributed by atoms with E-state index in [2.05, 4.69) is 61.7 Å². The molecule has 3 aromatic carbocycles. The molecule has 0 heterocycles. The second-order valence-electron chi connectivity index (χ2n) is 6.67. The molecule has 0 aliphatic rings. The van der Waals surface area contributed by atoms with E-state index in [4.69, 9.17) is 9.47 Å². The van der Waals surface area contributed by atoms with E-state index in [9.17, 15) is 0 Å². The third-order valence-electron chi connectivity index (χ3n) is 4.37. The van der Waals surface area contributed by atoms with Crippen LogP contribution in [0.4, 0.5) is 0 Å². The lowest BCUT2D eigenvalue weighted by atomic mass is 10.1. The van der Waals surface area contributed by atoms with Gasteiger partial charge in [0.25, 0.3) is 0 Å². The van der Waals surface area contributed by atoms with Crippen LogP contribution in [-0.2, 0) is 0 Å². The van der Waals surface area contributed by atoms with Gasteiger partial charge in [-0.2, -0.15) is 0 Å². The highest BCUT2D eigenvalue weighted by Gasteiger charge is 1.94. The molecule has 0 bridgehead atoms. The van der Waals surface area contributed by atoms with E-state index < -0.39 is 0 Å². The Labute approximate surface area is 179 Å². The van der Waals surface area contributed by atoms with Crippen LogP contribution in [0, 0.1) is 0 Å². The highest BCUT2D eigenvalue weighted by molar-refractivity contribution is 5.73. The lowest BCUT2D eigenvalue weighted by Gasteiger charge is -2.03. The smallest absolute Gasteiger partial charge is 0.119 e. The Hall–Kier alpha value is -3.78. The van der Waals surface area contributed by atoms with Crippen molar-refractivity contribution < 1.29 is 9.47 Å². The van der Waals surface area contributed by atoms with Crippen LogP contribution in [0.25, 0.3) is 24.3 Å². The maximum Gasteiger partial charge on any atom is 0.119 e. The zero-order valence-corrected chi connectivity index (χ0v) is 17.0. The molecule has 0 saturated carbocycles. The van der Waals surface area contributed by atoms with E-state index in [0.717, 1.165) is 33.8 Å². The minimum absolute atomic E-state index is 0.519. The van der Waals surface area contributed by atoms with Crippen LogP contribution in [0.5, 0.6) is 11.5 Å². The Morgan fingerprint density at radius 1 is 0.467 bits per heavy atom. The first-order valence-electron chi connectivity index (χ1n) is 9.90. The van der Waals surface area contributed by atoms with E-state index >= 15 is 0 Å². The van der Waals surface area contributed by atoms with Gasteiger partial charge in [-0.3, -0.25) is 0 Å². The molecular weight excluding hydrogens is 368 g/mol. The monoisotopic (exact) mass is 394 g/mol. The van der Waals surface area contributed by atoms with Crippen LogP contribution < -0.4 is 9.47 Å². The van der Waals surface area contributed by atoms with E-state index in [-0.39, 0.29) is 0 Å². The summed E-state index contributed by atoms with van der Waals surface area (Å²) in [6.45, 7) is 8.35. The molecule has 150 valence electrons. The maximum absolute atomic E-state index is 5.50. The molecule has 0 amide bonds. The molecule has 3 rings (SSSR count). The lowest BCUT2D eigenvalue weighted by molar-refractivity contribution is 0.363. The van der Waals surface area contributed by atoms with Crippen LogP contribution in [0.1, 0.15) is 22.3 Å². The normalized spacial score (nSPS) is 10.9. The average molecular weight is 395 g/mol. The molecule has 0 atom stereocenters. The summed E-state index contributed by atoms with van der Waals surface area (Å²) in [5.41, 5.74) is 4.57. The highest BCUT2D eigenvalue weighted by atomic mass is 16.5. The molecule has 2 heteroatoms. The van der Waals surface area contributed by atoms with Gasteiger partial charge in [-0.05, 0) is 46.5 Å². The van der Waals surface area contributed by atoms with Gasteiger partial charge >= 0.3 is 0 Å². The Kier molecular flexibility index (Phi) is 7.87. The van der Waals surface area contributed by atoms with Gasteiger partial charge in [0.15, 0.2) is 0 Å². The summed E-state index contributed by atoms with van der Waals surface area (Å²) in [4.78, 5) is 0. The van der Waals surface area contributed by atoms with Crippen molar-refractivity contribution in [1.82, 2.24) is 0 Å². The molecule has 0 aliphatic carbocycles. The third kappa shape index (κ3) is 6.68. The van der Waals surface area contributed by atoms with Crippen molar-refractivity contribution in [3.05, 3.63) is 120 Å². The van der Waals surface area contributed by atoms with Crippen molar-refractivity contribution in [3.8, 4) is 11.5 Å². The summed E-state index contributed by atoms with van der Waals surface area (Å²) in [6.07, 6.45) is 11.9. The van der Waals surface area contributed by atoms with E-state index in [1.807, 2.05) is 48.5 Å². The Morgan fingerprint density at radius 2 is 0.733 bits per heavy atom. The zero-order chi connectivity index (χ0) is 21.0. The van der Waals surface area contributed by atoms with Gasteiger partial charge in [0.05, 0.1) is 0 Å². The fraction of sp³-hybridized carbons (Fsp3) is 0.0714. The molecule has 3 aromatic rings. The Balaban J connectivity index is 1.56. The molecular formula is C28H26O2. The molecule has 0 aliphatic heterocycles. The number of ether oxygens (including phenoxy) is 2. The van der Waals surface area contributed by atoms with Gasteiger partial charge in [-0.1, -0.05) is 98.1 Å². The van der Waals surface area contributed by atoms with E-state index in [1.54, 1.807) is 12.2 Å². The largest absolute Gasteiger partial charge is 0.490 e. The highest BCUT2D eigenvalue weighted by Crippen LogP contribution is 2.17. The topological polar surface area (TPSA) is 18.5 Å². The minimum Gasteiger partial charge on any atom is -0.490 e. The summed E-state index contributed by atoms with van der Waals surface area (Å²) in [6, 6.07) is 24.5. The minimum atomic E-state index is 0.519. The molecule has 0 aromatic heterocycles. The second-order valence-corrected chi connectivity index (χ2v) is 6.67. The number of hydrogen-bond acceptors (Lipinski definition) is 2. The van der Waals surface area contributed by atoms with Crippen LogP contribution in [0.2, 0.25) is 0 Å². The van der Waals surface area contributed by atoms with Gasteiger partial charge in [0, 0.05) is 0 Å². The fourth-order valence-electron chi connectivity index (χ4n) is 2.76. The third-order valence-corrected chi connectivity index (χ3v) is 4.37. The van der Waals surface area contributed by atoms with Crippen LogP contribution in [0.15, 0.2) is 98.1 Å². The van der Waals surface area contributed by atoms with Crippen molar-refractivity contribution in [1.29, 1.82) is 0 Å². The summed E-state index contributed by atoms with van der Waals surface area (Å²) < 4.78 is 11.0. The van der Waals surface area contributed by atoms with Crippen LogP contribution >= 0.6 is 0 Å². The summed E-state index contributed by atoms with van der Waals surface area (Å²) >= 11 is 0. The second kappa shape index (κ2) is 11.3. The molecule has 30 heavy (non-hydrogen) atoms. The molecule has 0 saturated heterocycles. The van der Waals surface area contributed by atoms with Gasteiger partial charge in [-0.25, -0.2) is 0 Å². The van der Waals surface area contributed by atoms with E-state index in [0.29, 0.717) is 13.2 Å². The van der Waals surface area contributed by atoms with Crippen molar-refractivity contribution in [2.45, 2.75) is 0 Å². The van der Waals surface area contributed by atoms with Crippen LogP contribution in [-0.4, -0.2) is 13.2 Å². The summed E-state index contributed by atoms with van der Waals surface area (Å²) in [7, 11) is 0. The molecule has 0 fully saturated rings. The maximum atomic E-state index is 5.50. The van der Waals surface area contributed by atoms with Gasteiger partial charge < -0.3 is 9.47 Å². The molecule has 2 nitrogen and oxygen atoms in total. The molecule has 0 N–H and O–H groups in total. The molecule has 0 radical (unpaired) electrons. The zero-order valence-electron chi connectivity index (χ0n) is 17.0. The molecule has 0 unspecified atom stereocenters. The SMILES string of the molecule is C=CCOc1ccc(C=Cc2ccc(C=Cc3ccc(OCC=C)cc3)cc2)cc1. The Bertz CT molecular complexity index is 908. The van der Waals surface area contributed by atoms with Crippen molar-refractivity contribution in [2.75, 3.05) is 13.2 Å². The predicted molar refractivity (Wildman–Crippen MR) is 129 cm³/mol. The number of hydrogen-bond donors (Lipinski definition) is 0. The first-order chi connectivity index (χ1) is 14.8. The van der Waals surface area contributed by atoms with Crippen molar-refractivity contribution >= 4 is 24.3 Å². The van der Waals surface area contributed by atoms with Gasteiger partial charge in [-0.15, -0.1) is 0 Å².